The number of hydrogen-bond donors (Lipinski definition) is 2. The number of pyridine rings is 1. The predicted octanol–water partition coefficient (Wildman–Crippen LogP) is 3.93. The normalized spacial score (nSPS) is 9.76. The van der Waals surface area contributed by atoms with Crippen molar-refractivity contribution in [3.63, 3.8) is 0 Å². The highest BCUT2D eigenvalue weighted by atomic mass is 127. The number of nitrogens with zero attached hydrogens (tertiary/aromatic N) is 1. The Balaban J connectivity index is 0.000000194. The minimum Gasteiger partial charge on any atom is -0.506 e. The minimum atomic E-state index is -1.10. The van der Waals surface area contributed by atoms with Gasteiger partial charge in [-0.1, -0.05) is 36.4 Å². The van der Waals surface area contributed by atoms with Crippen molar-refractivity contribution in [1.82, 2.24) is 4.98 Å². The highest BCUT2D eigenvalue weighted by molar-refractivity contribution is 14.1. The van der Waals surface area contributed by atoms with Gasteiger partial charge in [-0.3, -0.25) is 0 Å². The van der Waals surface area contributed by atoms with Gasteiger partial charge in [0.25, 0.3) is 0 Å². The third-order valence-corrected chi connectivity index (χ3v) is 3.37. The first-order chi connectivity index (χ1) is 10.1. The van der Waals surface area contributed by atoms with E-state index in [-0.39, 0.29) is 11.4 Å². The number of rotatable bonds is 1. The van der Waals surface area contributed by atoms with Gasteiger partial charge in [-0.25, -0.2) is 9.78 Å². The quantitative estimate of drug-likeness (QED) is 0.615. The summed E-state index contributed by atoms with van der Waals surface area (Å²) < 4.78 is 1.29. The maximum absolute atomic E-state index is 10.6. The lowest BCUT2D eigenvalue weighted by atomic mass is 10.2. The molecule has 0 atom stereocenters. The van der Waals surface area contributed by atoms with Crippen LogP contribution in [0.3, 0.4) is 0 Å². The second kappa shape index (κ2) is 7.03. The van der Waals surface area contributed by atoms with Gasteiger partial charge >= 0.3 is 5.97 Å². The van der Waals surface area contributed by atoms with Crippen LogP contribution in [-0.2, 0) is 0 Å². The number of benzene rings is 2. The molecule has 0 saturated carbocycles. The van der Waals surface area contributed by atoms with Crippen molar-refractivity contribution >= 4 is 39.5 Å². The Labute approximate surface area is 135 Å². The van der Waals surface area contributed by atoms with E-state index in [1.54, 1.807) is 18.2 Å². The molecule has 21 heavy (non-hydrogen) atoms. The van der Waals surface area contributed by atoms with Gasteiger partial charge in [0.1, 0.15) is 17.0 Å². The Kier molecular flexibility index (Phi) is 5.10. The van der Waals surface area contributed by atoms with E-state index in [1.165, 1.54) is 15.7 Å². The van der Waals surface area contributed by atoms with Crippen molar-refractivity contribution in [2.75, 3.05) is 0 Å². The van der Waals surface area contributed by atoms with Crippen molar-refractivity contribution in [1.29, 1.82) is 0 Å². The minimum absolute atomic E-state index is 0.00870. The number of aromatic carboxylic acids is 1. The number of phenolic OH excluding ortho intramolecular Hbond substituents is 1. The number of aromatic hydroxyl groups is 1. The smallest absolute Gasteiger partial charge is 0.354 e. The van der Waals surface area contributed by atoms with Crippen LogP contribution >= 0.6 is 22.6 Å². The fourth-order valence-electron chi connectivity index (χ4n) is 1.67. The van der Waals surface area contributed by atoms with E-state index in [0.29, 0.717) is 5.52 Å². The number of carboxylic acids is 1. The number of phenols is 1. The van der Waals surface area contributed by atoms with Gasteiger partial charge in [0.05, 0.1) is 0 Å². The molecule has 0 fully saturated rings. The van der Waals surface area contributed by atoms with Crippen LogP contribution in [0.1, 0.15) is 10.5 Å². The molecular weight excluding hydrogens is 381 g/mol. The number of hydrogen-bond acceptors (Lipinski definition) is 3. The zero-order chi connectivity index (χ0) is 15.2. The molecule has 4 nitrogen and oxygen atoms in total. The van der Waals surface area contributed by atoms with E-state index < -0.39 is 5.97 Å². The molecule has 0 radical (unpaired) electrons. The van der Waals surface area contributed by atoms with Crippen LogP contribution in [-0.4, -0.2) is 21.2 Å². The van der Waals surface area contributed by atoms with Gasteiger partial charge in [0.15, 0.2) is 0 Å². The van der Waals surface area contributed by atoms with E-state index in [1.807, 2.05) is 18.2 Å². The number of carboxylic acid groups (broad SMARTS) is 1. The molecule has 0 amide bonds. The first kappa shape index (κ1) is 15.2. The second-order valence-corrected chi connectivity index (χ2v) is 5.39. The maximum atomic E-state index is 10.6. The average Bonchev–Trinajstić information content (AvgIpc) is 2.49. The monoisotopic (exact) mass is 393 g/mol. The molecule has 106 valence electrons. The number of halogens is 1. The number of fused-ring (bicyclic) bond motifs is 1. The highest BCUT2D eigenvalue weighted by Gasteiger charge is 2.07. The van der Waals surface area contributed by atoms with Crippen LogP contribution < -0.4 is 0 Å². The molecule has 0 aliphatic heterocycles. The summed E-state index contributed by atoms with van der Waals surface area (Å²) in [6, 6.07) is 18.1. The number of para-hydroxylation sites is 1. The predicted molar refractivity (Wildman–Crippen MR) is 89.5 cm³/mol. The summed E-state index contributed by atoms with van der Waals surface area (Å²) in [6.45, 7) is 0. The first-order valence-electron chi connectivity index (χ1n) is 6.10. The van der Waals surface area contributed by atoms with Gasteiger partial charge in [-0.05, 0) is 46.9 Å². The molecule has 0 aliphatic carbocycles. The molecule has 3 rings (SSSR count). The van der Waals surface area contributed by atoms with Crippen molar-refractivity contribution in [3.8, 4) is 5.75 Å². The Morgan fingerprint density at radius 2 is 1.67 bits per heavy atom. The summed E-state index contributed by atoms with van der Waals surface area (Å²) in [7, 11) is 0. The van der Waals surface area contributed by atoms with Gasteiger partial charge < -0.3 is 10.2 Å². The lowest BCUT2D eigenvalue weighted by Gasteiger charge is -2.00. The third kappa shape index (κ3) is 4.16. The molecule has 2 N–H and O–H groups in total. The number of aromatic nitrogens is 1. The van der Waals surface area contributed by atoms with Crippen LogP contribution in [0.15, 0.2) is 60.7 Å². The summed E-state index contributed by atoms with van der Waals surface area (Å²) in [5.74, 6) is -1.11. The maximum Gasteiger partial charge on any atom is 0.354 e. The third-order valence-electron chi connectivity index (χ3n) is 2.65. The summed E-state index contributed by atoms with van der Waals surface area (Å²) in [4.78, 5) is 14.4. The zero-order valence-corrected chi connectivity index (χ0v) is 13.1. The van der Waals surface area contributed by atoms with Crippen molar-refractivity contribution < 1.29 is 15.0 Å². The molecule has 0 bridgehead atoms. The molecule has 5 heteroatoms. The molecular formula is C16H12INO3. The highest BCUT2D eigenvalue weighted by Crippen LogP contribution is 2.22. The van der Waals surface area contributed by atoms with Crippen molar-refractivity contribution in [2.24, 2.45) is 0 Å². The SMILES string of the molecule is Ic1ccccc1.O=C(O)c1ccc2cccc(O)c2n1. The molecule has 1 heterocycles. The fourth-order valence-corrected chi connectivity index (χ4v) is 2.08. The lowest BCUT2D eigenvalue weighted by molar-refractivity contribution is 0.0691. The summed E-state index contributed by atoms with van der Waals surface area (Å²) in [6.07, 6.45) is 0. The van der Waals surface area contributed by atoms with Crippen LogP contribution in [0.25, 0.3) is 10.9 Å². The van der Waals surface area contributed by atoms with Gasteiger partial charge in [-0.2, -0.15) is 0 Å². The topological polar surface area (TPSA) is 70.4 Å². The van der Waals surface area contributed by atoms with Crippen LogP contribution in [0, 0.1) is 3.57 Å². The van der Waals surface area contributed by atoms with E-state index in [0.717, 1.165) is 5.39 Å². The van der Waals surface area contributed by atoms with E-state index in [2.05, 4.69) is 39.7 Å². The van der Waals surface area contributed by atoms with Gasteiger partial charge in [-0.15, -0.1) is 0 Å². The zero-order valence-electron chi connectivity index (χ0n) is 10.9. The molecule has 0 spiro atoms. The molecule has 3 aromatic rings. The Morgan fingerprint density at radius 3 is 2.24 bits per heavy atom. The van der Waals surface area contributed by atoms with Crippen molar-refractivity contribution in [2.45, 2.75) is 0 Å². The largest absolute Gasteiger partial charge is 0.506 e. The lowest BCUT2D eigenvalue weighted by Crippen LogP contribution is -1.99. The van der Waals surface area contributed by atoms with Gasteiger partial charge in [0, 0.05) is 8.96 Å². The van der Waals surface area contributed by atoms with Crippen LogP contribution in [0.5, 0.6) is 5.75 Å². The Morgan fingerprint density at radius 1 is 0.952 bits per heavy atom. The molecule has 2 aromatic carbocycles. The molecule has 0 saturated heterocycles. The second-order valence-electron chi connectivity index (χ2n) is 4.15. The van der Waals surface area contributed by atoms with E-state index >= 15 is 0 Å². The van der Waals surface area contributed by atoms with Crippen LogP contribution in [0.2, 0.25) is 0 Å². The average molecular weight is 393 g/mol. The summed E-state index contributed by atoms with van der Waals surface area (Å²) in [5.41, 5.74) is 0.242. The molecule has 0 aliphatic rings. The standard InChI is InChI=1S/C10H7NO3.C6H5I/c12-8-3-1-2-6-4-5-7(10(13)14)11-9(6)8;7-6-4-2-1-3-5-6/h1-5,12H,(H,13,14);1-5H. The molecule has 0 unspecified atom stereocenters. The Hall–Kier alpha value is -2.15. The fraction of sp³-hybridized carbons (Fsp3) is 0. The van der Waals surface area contributed by atoms with E-state index in [4.69, 9.17) is 5.11 Å². The van der Waals surface area contributed by atoms with E-state index in [9.17, 15) is 9.90 Å². The van der Waals surface area contributed by atoms with Gasteiger partial charge in [0.2, 0.25) is 0 Å². The first-order valence-corrected chi connectivity index (χ1v) is 7.18. The molecule has 1 aromatic heterocycles. The van der Waals surface area contributed by atoms with Crippen LogP contribution in [0.4, 0.5) is 0 Å². The van der Waals surface area contributed by atoms with Crippen molar-refractivity contribution in [3.05, 3.63) is 69.9 Å². The summed E-state index contributed by atoms with van der Waals surface area (Å²) in [5, 5.41) is 18.8. The summed E-state index contributed by atoms with van der Waals surface area (Å²) >= 11 is 2.28. The Bertz CT molecular complexity index is 760. The number of carbonyl (C=O) groups is 1.